The van der Waals surface area contributed by atoms with Crippen molar-refractivity contribution < 1.29 is 37.7 Å². The predicted molar refractivity (Wildman–Crippen MR) is 253 cm³/mol. The van der Waals surface area contributed by atoms with Crippen LogP contribution in [-0.2, 0) is 0 Å². The zero-order valence-corrected chi connectivity index (χ0v) is 43.8. The largest absolute Gasteiger partial charge is 3.00 e. The van der Waals surface area contributed by atoms with Crippen molar-refractivity contribution in [2.45, 2.75) is 91.7 Å². The van der Waals surface area contributed by atoms with Gasteiger partial charge in [-0.3, -0.25) is 0 Å². The Morgan fingerprint density at radius 1 is 0.462 bits per heavy atom. The summed E-state index contributed by atoms with van der Waals surface area (Å²) in [7, 11) is -9.47. The topological polar surface area (TPSA) is 54.7 Å². The molecule has 52 heavy (non-hydrogen) atoms. The van der Waals surface area contributed by atoms with Crippen molar-refractivity contribution in [3.8, 4) is 0 Å². The molecule has 13 heteroatoms. The molecule has 4 rings (SSSR count). The van der Waals surface area contributed by atoms with Gasteiger partial charge >= 0.3 is 37.7 Å². The molecule has 0 aromatic heterocycles. The summed E-state index contributed by atoms with van der Waals surface area (Å²) in [6.07, 6.45) is 0. The number of nitrogens with zero attached hydrogens (tertiary/aromatic N) is 4. The smallest absolute Gasteiger partial charge is 0.673 e. The quantitative estimate of drug-likeness (QED) is 0.100. The van der Waals surface area contributed by atoms with Crippen molar-refractivity contribution >= 4 is 93.2 Å². The molecule has 0 heterocycles. The normalized spacial score (nSPS) is 12.0. The third-order valence-electron chi connectivity index (χ3n) is 6.74. The van der Waals surface area contributed by atoms with Gasteiger partial charge in [-0.1, -0.05) is 263 Å². The van der Waals surface area contributed by atoms with E-state index in [0.717, 1.165) is 0 Å². The van der Waals surface area contributed by atoms with Crippen LogP contribution in [0.3, 0.4) is 0 Å². The average Bonchev–Trinajstić information content (AvgIpc) is 3.04. The molecule has 0 aliphatic rings. The van der Waals surface area contributed by atoms with Crippen molar-refractivity contribution in [3.05, 3.63) is 135 Å². The molecule has 0 atom stereocenters. The monoisotopic (exact) mass is 982 g/mol. The maximum Gasteiger partial charge on any atom is 3.00 e. The fourth-order valence-corrected chi connectivity index (χ4v) is 30.6. The number of hydrogen-bond donors (Lipinski definition) is 0. The van der Waals surface area contributed by atoms with E-state index in [0.29, 0.717) is 0 Å². The summed E-state index contributed by atoms with van der Waals surface area (Å²) < 4.78 is 20.8. The molecule has 0 spiro atoms. The Hall–Kier alpha value is -0.149. The molecular formula is C39H63HoN4P2Si6. The van der Waals surface area contributed by atoms with Gasteiger partial charge < -0.3 is 18.5 Å². The average molecular weight is 983 g/mol. The molecule has 0 aliphatic heterocycles. The minimum Gasteiger partial charge on any atom is -0.673 e. The van der Waals surface area contributed by atoms with Crippen LogP contribution in [0.5, 0.6) is 0 Å². The molecule has 0 amide bonds. The Labute approximate surface area is 358 Å². The Bertz CT molecular complexity index is 1550. The third-order valence-corrected chi connectivity index (χ3v) is 28.2. The summed E-state index contributed by atoms with van der Waals surface area (Å²) in [6.45, 7) is 32.0. The minimum absolute atomic E-state index is 0. The van der Waals surface area contributed by atoms with Gasteiger partial charge in [0, 0.05) is 7.05 Å². The van der Waals surface area contributed by atoms with Crippen molar-refractivity contribution in [1.29, 1.82) is 0 Å². The number of hydrogen-bond acceptors (Lipinski definition) is 1. The molecule has 0 fully saturated rings. The summed E-state index contributed by atoms with van der Waals surface area (Å²) in [6, 6.07) is 44.1. The summed E-state index contributed by atoms with van der Waals surface area (Å²) in [5, 5.41) is 5.24. The van der Waals surface area contributed by atoms with Crippen LogP contribution in [0.2, 0.25) is 91.7 Å². The van der Waals surface area contributed by atoms with Gasteiger partial charge in [0.25, 0.3) is 0 Å². The first kappa shape index (κ1) is 49.9. The zero-order chi connectivity index (χ0) is 38.3. The molecule has 0 saturated carbocycles. The molecular weight excluding hydrogens is 920 g/mol. The zero-order valence-electron chi connectivity index (χ0n) is 34.1. The summed E-state index contributed by atoms with van der Waals surface area (Å²) >= 11 is 0. The van der Waals surface area contributed by atoms with Crippen molar-refractivity contribution in [1.82, 2.24) is 0 Å². The van der Waals surface area contributed by atoms with E-state index < -0.39 is 30.6 Å². The third kappa shape index (κ3) is 17.8. The molecule has 4 aromatic carbocycles. The van der Waals surface area contributed by atoms with Crippen LogP contribution >= 0.6 is 14.1 Å². The summed E-state index contributed by atoms with van der Waals surface area (Å²) in [5.74, 6) is 0. The van der Waals surface area contributed by atoms with E-state index in [1.54, 1.807) is 0 Å². The summed E-state index contributed by atoms with van der Waals surface area (Å²) in [5.41, 5.74) is 2.69. The fraction of sp³-hybridized carbons (Fsp3) is 0.359. The molecule has 0 N–H and O–H groups in total. The Balaban J connectivity index is 0.000000763. The second-order valence-corrected chi connectivity index (χ2v) is 40.8. The summed E-state index contributed by atoms with van der Waals surface area (Å²) in [4.78, 5) is 0. The second kappa shape index (κ2) is 23.8. The van der Waals surface area contributed by atoms with E-state index in [-0.39, 0.29) is 73.6 Å². The van der Waals surface area contributed by atoms with E-state index in [9.17, 15) is 0 Å². The van der Waals surface area contributed by atoms with Crippen molar-refractivity contribution in [2.24, 2.45) is 4.41 Å². The van der Waals surface area contributed by atoms with Gasteiger partial charge in [-0.05, 0) is 21.2 Å². The van der Waals surface area contributed by atoms with Gasteiger partial charge in [-0.2, -0.15) is 0 Å². The standard InChI is InChI=1S/C31H39N2P2Si2.2C4H12NSi2.Ho/c1-36(2,3)32-34(28-19-11-7-12-20-28,29-21-13-8-14-22-29)27-35(33-37(4,5)6,30-23-15-9-16-24-30)31-25-17-10-18-26-31;2*1-6(2)5-7(3)4;/h7-27H,1-6H3;2*1-4H3;/q3*-1;+3. The van der Waals surface area contributed by atoms with Crippen LogP contribution in [0.15, 0.2) is 126 Å². The molecule has 4 aromatic rings. The van der Waals surface area contributed by atoms with Gasteiger partial charge in [0.2, 0.25) is 0 Å². The van der Waals surface area contributed by atoms with Crippen LogP contribution in [0.25, 0.3) is 14.0 Å². The van der Waals surface area contributed by atoms with E-state index >= 15 is 0 Å². The Kier molecular flexibility index (Phi) is 22.8. The van der Waals surface area contributed by atoms with Crippen molar-refractivity contribution in [3.63, 3.8) is 0 Å². The van der Waals surface area contributed by atoms with Gasteiger partial charge in [0.1, 0.15) is 0 Å². The van der Waals surface area contributed by atoms with Crippen LogP contribution in [0.4, 0.5) is 0 Å². The molecule has 284 valence electrons. The van der Waals surface area contributed by atoms with Crippen LogP contribution in [0, 0.1) is 37.7 Å². The van der Waals surface area contributed by atoms with E-state index in [1.165, 1.54) is 21.2 Å². The first-order chi connectivity index (χ1) is 23.8. The predicted octanol–water partition coefficient (Wildman–Crippen LogP) is 11.9. The first-order valence-electron chi connectivity index (χ1n) is 17.8. The molecule has 4 radical (unpaired) electrons. The van der Waals surface area contributed by atoms with E-state index in [2.05, 4.69) is 228 Å². The SMILES string of the molecule is C[Si](C)(C)N=P(C=P([N-][Si](C)(C)C)(c1ccccc1)c1ccccc1)(c1ccccc1)c1ccccc1.C[Si](C)[N-][Si](C)C.C[Si](C)[N-][Si](C)C.[Ho+3]. The van der Waals surface area contributed by atoms with Gasteiger partial charge in [-0.15, -0.1) is 7.04 Å². The van der Waals surface area contributed by atoms with Crippen LogP contribution in [-0.4, -0.2) is 57.8 Å². The number of benzene rings is 4. The molecule has 0 bridgehead atoms. The number of rotatable bonds is 12. The van der Waals surface area contributed by atoms with E-state index in [1.807, 2.05) is 0 Å². The molecule has 0 unspecified atom stereocenters. The second-order valence-electron chi connectivity index (χ2n) is 15.4. The Morgan fingerprint density at radius 2 is 0.731 bits per heavy atom. The molecule has 0 aliphatic carbocycles. The minimum atomic E-state index is -2.32. The van der Waals surface area contributed by atoms with Gasteiger partial charge in [0.15, 0.2) is 8.24 Å². The van der Waals surface area contributed by atoms with Gasteiger partial charge in [-0.25, -0.2) is 0 Å². The van der Waals surface area contributed by atoms with Gasteiger partial charge in [0.05, 0.1) is 0 Å². The molecule has 4 nitrogen and oxygen atoms in total. The Morgan fingerprint density at radius 3 is 0.942 bits per heavy atom. The maximum absolute atomic E-state index is 5.92. The van der Waals surface area contributed by atoms with Crippen LogP contribution in [0.1, 0.15) is 0 Å². The molecule has 0 saturated heterocycles. The van der Waals surface area contributed by atoms with Crippen LogP contribution < -0.4 is 21.2 Å². The maximum atomic E-state index is 5.92. The van der Waals surface area contributed by atoms with E-state index in [4.69, 9.17) is 9.16 Å². The first-order valence-corrected chi connectivity index (χ1v) is 38.1. The fourth-order valence-electron chi connectivity index (χ4n) is 5.55. The van der Waals surface area contributed by atoms with Crippen molar-refractivity contribution in [2.75, 3.05) is 0 Å².